The number of carboxylic acids is 1. The zero-order chi connectivity index (χ0) is 15.4. The molecule has 0 atom stereocenters. The van der Waals surface area contributed by atoms with Gasteiger partial charge in [-0.05, 0) is 48.9 Å². The Morgan fingerprint density at radius 1 is 1.24 bits per heavy atom. The summed E-state index contributed by atoms with van der Waals surface area (Å²) >= 11 is 0. The monoisotopic (exact) mass is 290 g/mol. The molecule has 0 aromatic heterocycles. The Bertz CT molecular complexity index is 667. The second-order valence-electron chi connectivity index (χ2n) is 4.53. The molecule has 21 heavy (non-hydrogen) atoms. The van der Waals surface area contributed by atoms with E-state index in [-0.39, 0.29) is 18.0 Å². The average Bonchev–Trinajstić information content (AvgIpc) is 2.48. The van der Waals surface area contributed by atoms with E-state index in [4.69, 9.17) is 14.6 Å². The maximum Gasteiger partial charge on any atom is 0.335 e. The van der Waals surface area contributed by atoms with Crippen molar-refractivity contribution in [2.24, 2.45) is 0 Å². The Morgan fingerprint density at radius 3 is 2.62 bits per heavy atom. The molecule has 0 unspecified atom stereocenters. The van der Waals surface area contributed by atoms with Crippen LogP contribution in [-0.2, 0) is 6.61 Å². The quantitative estimate of drug-likeness (QED) is 0.916. The lowest BCUT2D eigenvalue weighted by Gasteiger charge is -2.11. The SMILES string of the molecule is COc1ccc(C(=O)O)cc1COc1ccc(F)c(C)c1. The first-order chi connectivity index (χ1) is 10.0. The van der Waals surface area contributed by atoms with E-state index in [0.717, 1.165) is 0 Å². The predicted molar refractivity (Wildman–Crippen MR) is 75.4 cm³/mol. The normalized spacial score (nSPS) is 10.2. The van der Waals surface area contributed by atoms with Gasteiger partial charge in [-0.3, -0.25) is 0 Å². The Labute approximate surface area is 121 Å². The number of benzene rings is 2. The van der Waals surface area contributed by atoms with Gasteiger partial charge in [-0.1, -0.05) is 0 Å². The number of aryl methyl sites for hydroxylation is 1. The van der Waals surface area contributed by atoms with E-state index < -0.39 is 5.97 Å². The van der Waals surface area contributed by atoms with Gasteiger partial charge in [0.15, 0.2) is 0 Å². The van der Waals surface area contributed by atoms with Gasteiger partial charge < -0.3 is 14.6 Å². The molecule has 0 fully saturated rings. The molecule has 4 nitrogen and oxygen atoms in total. The third-order valence-corrected chi connectivity index (χ3v) is 3.05. The lowest BCUT2D eigenvalue weighted by Crippen LogP contribution is -2.03. The van der Waals surface area contributed by atoms with Crippen LogP contribution in [-0.4, -0.2) is 18.2 Å². The number of hydrogen-bond acceptors (Lipinski definition) is 3. The summed E-state index contributed by atoms with van der Waals surface area (Å²) in [7, 11) is 1.50. The maximum atomic E-state index is 13.2. The van der Waals surface area contributed by atoms with Crippen molar-refractivity contribution < 1.29 is 23.8 Å². The molecule has 2 aromatic carbocycles. The Balaban J connectivity index is 2.19. The summed E-state index contributed by atoms with van der Waals surface area (Å²) < 4.78 is 23.9. The molecule has 0 saturated heterocycles. The predicted octanol–water partition coefficient (Wildman–Crippen LogP) is 3.42. The molecule has 0 radical (unpaired) electrons. The van der Waals surface area contributed by atoms with Crippen molar-refractivity contribution in [1.82, 2.24) is 0 Å². The highest BCUT2D eigenvalue weighted by atomic mass is 19.1. The van der Waals surface area contributed by atoms with Crippen LogP contribution in [0.2, 0.25) is 0 Å². The van der Waals surface area contributed by atoms with Gasteiger partial charge in [-0.25, -0.2) is 9.18 Å². The van der Waals surface area contributed by atoms with Crippen molar-refractivity contribution >= 4 is 5.97 Å². The topological polar surface area (TPSA) is 55.8 Å². The number of ether oxygens (including phenoxy) is 2. The van der Waals surface area contributed by atoms with E-state index in [1.54, 1.807) is 19.1 Å². The van der Waals surface area contributed by atoms with E-state index in [1.807, 2.05) is 0 Å². The summed E-state index contributed by atoms with van der Waals surface area (Å²) in [5.41, 5.74) is 1.25. The number of halogens is 1. The molecule has 0 heterocycles. The minimum absolute atomic E-state index is 0.134. The van der Waals surface area contributed by atoms with Gasteiger partial charge in [0.25, 0.3) is 0 Å². The summed E-state index contributed by atoms with van der Waals surface area (Å²) in [4.78, 5) is 11.0. The van der Waals surface area contributed by atoms with Gasteiger partial charge in [0.1, 0.15) is 23.9 Å². The van der Waals surface area contributed by atoms with Crippen LogP contribution in [0.4, 0.5) is 4.39 Å². The average molecular weight is 290 g/mol. The highest BCUT2D eigenvalue weighted by Crippen LogP contribution is 2.23. The van der Waals surface area contributed by atoms with Crippen molar-refractivity contribution in [2.45, 2.75) is 13.5 Å². The first-order valence-electron chi connectivity index (χ1n) is 6.30. The van der Waals surface area contributed by atoms with Crippen LogP contribution in [0.15, 0.2) is 36.4 Å². The molecule has 0 spiro atoms. The van der Waals surface area contributed by atoms with Crippen LogP contribution in [0, 0.1) is 12.7 Å². The number of carbonyl (C=O) groups is 1. The van der Waals surface area contributed by atoms with Crippen molar-refractivity contribution in [3.8, 4) is 11.5 Å². The molecule has 0 amide bonds. The molecule has 0 aliphatic carbocycles. The van der Waals surface area contributed by atoms with Gasteiger partial charge in [0.2, 0.25) is 0 Å². The Hall–Kier alpha value is -2.56. The third-order valence-electron chi connectivity index (χ3n) is 3.05. The molecule has 110 valence electrons. The fourth-order valence-electron chi connectivity index (χ4n) is 1.89. The molecule has 0 bridgehead atoms. The lowest BCUT2D eigenvalue weighted by atomic mass is 10.1. The number of rotatable bonds is 5. The molecular formula is C16H15FO4. The van der Waals surface area contributed by atoms with Crippen LogP contribution in [0.1, 0.15) is 21.5 Å². The summed E-state index contributed by atoms with van der Waals surface area (Å²) in [5.74, 6) is -0.264. The molecule has 0 saturated carbocycles. The number of carboxylic acid groups (broad SMARTS) is 1. The number of methoxy groups -OCH3 is 1. The van der Waals surface area contributed by atoms with Gasteiger partial charge in [0, 0.05) is 5.56 Å². The Kier molecular flexibility index (Phi) is 4.42. The molecule has 5 heteroatoms. The van der Waals surface area contributed by atoms with E-state index >= 15 is 0 Å². The van der Waals surface area contributed by atoms with Crippen LogP contribution in [0.5, 0.6) is 11.5 Å². The molecule has 0 aliphatic rings. The van der Waals surface area contributed by atoms with Gasteiger partial charge >= 0.3 is 5.97 Å². The fraction of sp³-hybridized carbons (Fsp3) is 0.188. The van der Waals surface area contributed by atoms with E-state index in [9.17, 15) is 9.18 Å². The fourth-order valence-corrected chi connectivity index (χ4v) is 1.89. The maximum absolute atomic E-state index is 13.2. The number of hydrogen-bond donors (Lipinski definition) is 1. The van der Waals surface area contributed by atoms with Crippen molar-refractivity contribution in [3.63, 3.8) is 0 Å². The summed E-state index contributed by atoms with van der Waals surface area (Å²) in [5, 5.41) is 9.00. The third kappa shape index (κ3) is 3.51. The second kappa shape index (κ2) is 6.26. The molecule has 2 rings (SSSR count). The van der Waals surface area contributed by atoms with Crippen LogP contribution >= 0.6 is 0 Å². The van der Waals surface area contributed by atoms with Crippen molar-refractivity contribution in [2.75, 3.05) is 7.11 Å². The molecule has 2 aromatic rings. The zero-order valence-corrected chi connectivity index (χ0v) is 11.7. The van der Waals surface area contributed by atoms with Crippen LogP contribution in [0.3, 0.4) is 0 Å². The van der Waals surface area contributed by atoms with E-state index in [2.05, 4.69) is 0 Å². The van der Waals surface area contributed by atoms with Gasteiger partial charge in [0.05, 0.1) is 12.7 Å². The lowest BCUT2D eigenvalue weighted by molar-refractivity contribution is 0.0696. The largest absolute Gasteiger partial charge is 0.496 e. The minimum Gasteiger partial charge on any atom is -0.496 e. The van der Waals surface area contributed by atoms with Crippen LogP contribution < -0.4 is 9.47 Å². The Morgan fingerprint density at radius 2 is 2.00 bits per heavy atom. The van der Waals surface area contributed by atoms with Gasteiger partial charge in [-0.15, -0.1) is 0 Å². The zero-order valence-electron chi connectivity index (χ0n) is 11.7. The molecular weight excluding hydrogens is 275 g/mol. The van der Waals surface area contributed by atoms with Crippen LogP contribution in [0.25, 0.3) is 0 Å². The molecule has 1 N–H and O–H groups in total. The first-order valence-corrected chi connectivity index (χ1v) is 6.30. The summed E-state index contributed by atoms with van der Waals surface area (Å²) in [6, 6.07) is 8.98. The smallest absolute Gasteiger partial charge is 0.335 e. The minimum atomic E-state index is -1.02. The van der Waals surface area contributed by atoms with Crippen molar-refractivity contribution in [1.29, 1.82) is 0 Å². The van der Waals surface area contributed by atoms with E-state index in [0.29, 0.717) is 22.6 Å². The molecule has 0 aliphatic heterocycles. The van der Waals surface area contributed by atoms with E-state index in [1.165, 1.54) is 31.4 Å². The highest BCUT2D eigenvalue weighted by molar-refractivity contribution is 5.88. The summed E-state index contributed by atoms with van der Waals surface area (Å²) in [6.07, 6.45) is 0. The second-order valence-corrected chi connectivity index (χ2v) is 4.53. The highest BCUT2D eigenvalue weighted by Gasteiger charge is 2.10. The number of aromatic carboxylic acids is 1. The standard InChI is InChI=1S/C16H15FO4/c1-10-7-13(4-5-14(10)17)21-9-12-8-11(16(18)19)3-6-15(12)20-2/h3-8H,9H2,1-2H3,(H,18,19). The van der Waals surface area contributed by atoms with Gasteiger partial charge in [-0.2, -0.15) is 0 Å². The summed E-state index contributed by atoms with van der Waals surface area (Å²) in [6.45, 7) is 1.78. The first kappa shape index (κ1) is 14.8. The van der Waals surface area contributed by atoms with Crippen molar-refractivity contribution in [3.05, 3.63) is 58.9 Å².